The Morgan fingerprint density at radius 3 is 2.52 bits per heavy atom. The van der Waals surface area contributed by atoms with E-state index in [1.54, 1.807) is 6.20 Å². The summed E-state index contributed by atoms with van der Waals surface area (Å²) in [7, 11) is 0. The van der Waals surface area contributed by atoms with Crippen LogP contribution in [0.4, 0.5) is 5.82 Å². The van der Waals surface area contributed by atoms with E-state index in [1.165, 1.54) is 10.9 Å². The minimum atomic E-state index is -0.0975. The molecule has 0 bridgehead atoms. The van der Waals surface area contributed by atoms with E-state index in [9.17, 15) is 0 Å². The Hall–Kier alpha value is -2.78. The topological polar surface area (TPSA) is 40.7 Å². The maximum Gasteiger partial charge on any atom is 0.126 e. The lowest BCUT2D eigenvalue weighted by molar-refractivity contribution is 0.922. The Labute approximate surface area is 151 Å². The van der Waals surface area contributed by atoms with Crippen LogP contribution in [0.15, 0.2) is 72.9 Å². The van der Waals surface area contributed by atoms with Gasteiger partial charge in [-0.3, -0.25) is 0 Å². The molecule has 0 radical (unpaired) electrons. The number of H-pyrrole nitrogens is 1. The van der Waals surface area contributed by atoms with Crippen molar-refractivity contribution in [2.75, 3.05) is 5.32 Å². The normalized spacial score (nSPS) is 12.2. The lowest BCUT2D eigenvalue weighted by Crippen LogP contribution is -2.14. The van der Waals surface area contributed by atoms with Crippen LogP contribution in [0.3, 0.4) is 0 Å². The molecule has 0 saturated carbocycles. The van der Waals surface area contributed by atoms with E-state index in [1.807, 2.05) is 42.5 Å². The highest BCUT2D eigenvalue weighted by Crippen LogP contribution is 2.36. The number of hydrogen-bond donors (Lipinski definition) is 2. The van der Waals surface area contributed by atoms with Gasteiger partial charge in [0.2, 0.25) is 0 Å². The first kappa shape index (κ1) is 15.7. The number of fused-ring (bicyclic) bond motifs is 1. The molecule has 0 aliphatic carbocycles. The fraction of sp³-hybridized carbons (Fsp3) is 0.0952. The van der Waals surface area contributed by atoms with E-state index < -0.39 is 0 Å². The molecule has 4 heteroatoms. The molecule has 4 rings (SSSR count). The summed E-state index contributed by atoms with van der Waals surface area (Å²) in [6.45, 7) is 2.10. The van der Waals surface area contributed by atoms with Crippen molar-refractivity contribution in [2.24, 2.45) is 0 Å². The molecule has 25 heavy (non-hydrogen) atoms. The van der Waals surface area contributed by atoms with Gasteiger partial charge in [0.15, 0.2) is 0 Å². The maximum absolute atomic E-state index is 6.54. The van der Waals surface area contributed by atoms with Gasteiger partial charge in [0.25, 0.3) is 0 Å². The van der Waals surface area contributed by atoms with Crippen LogP contribution in [0.25, 0.3) is 10.9 Å². The number of aromatic nitrogens is 2. The van der Waals surface area contributed by atoms with Crippen LogP contribution in [-0.4, -0.2) is 9.97 Å². The van der Waals surface area contributed by atoms with Crippen molar-refractivity contribution in [1.29, 1.82) is 0 Å². The Balaban J connectivity index is 1.91. The number of nitrogens with zero attached hydrogens (tertiary/aromatic N) is 1. The molecule has 2 N–H and O–H groups in total. The first-order valence-electron chi connectivity index (χ1n) is 8.23. The zero-order valence-electron chi connectivity index (χ0n) is 13.8. The molecule has 0 amide bonds. The number of nitrogens with one attached hydrogen (secondary N) is 2. The van der Waals surface area contributed by atoms with Crippen LogP contribution in [0.5, 0.6) is 0 Å². The fourth-order valence-corrected chi connectivity index (χ4v) is 3.53. The monoisotopic (exact) mass is 347 g/mol. The van der Waals surface area contributed by atoms with Gasteiger partial charge in [-0.05, 0) is 36.8 Å². The molecule has 0 saturated heterocycles. The summed E-state index contributed by atoms with van der Waals surface area (Å²) in [4.78, 5) is 7.91. The average molecular weight is 348 g/mol. The molecule has 0 fully saturated rings. The second-order valence-corrected chi connectivity index (χ2v) is 6.43. The number of benzene rings is 2. The molecule has 4 aromatic rings. The maximum atomic E-state index is 6.54. The molecule has 0 spiro atoms. The lowest BCUT2D eigenvalue weighted by Gasteiger charge is -2.22. The molecule has 2 aromatic carbocycles. The highest BCUT2D eigenvalue weighted by molar-refractivity contribution is 6.31. The number of halogens is 1. The van der Waals surface area contributed by atoms with Gasteiger partial charge in [0, 0.05) is 33.4 Å². The van der Waals surface area contributed by atoms with E-state index in [0.29, 0.717) is 0 Å². The molecule has 124 valence electrons. The highest BCUT2D eigenvalue weighted by atomic mass is 35.5. The van der Waals surface area contributed by atoms with E-state index >= 15 is 0 Å². The molecule has 0 aliphatic heterocycles. The highest BCUT2D eigenvalue weighted by Gasteiger charge is 2.22. The Morgan fingerprint density at radius 1 is 0.960 bits per heavy atom. The van der Waals surface area contributed by atoms with Crippen molar-refractivity contribution >= 4 is 28.3 Å². The summed E-state index contributed by atoms with van der Waals surface area (Å²) >= 11 is 6.54. The van der Waals surface area contributed by atoms with Crippen LogP contribution in [0.1, 0.15) is 22.9 Å². The molecule has 1 atom stereocenters. The molecule has 3 nitrogen and oxygen atoms in total. The first-order chi connectivity index (χ1) is 12.2. The number of rotatable bonds is 4. The van der Waals surface area contributed by atoms with Gasteiger partial charge in [0.1, 0.15) is 5.82 Å². The van der Waals surface area contributed by atoms with Crippen LogP contribution in [0.2, 0.25) is 5.02 Å². The van der Waals surface area contributed by atoms with E-state index in [-0.39, 0.29) is 6.04 Å². The molecular formula is C21H18ClN3. The van der Waals surface area contributed by atoms with Gasteiger partial charge in [0.05, 0.1) is 6.04 Å². The molecular weight excluding hydrogens is 330 g/mol. The van der Waals surface area contributed by atoms with E-state index in [4.69, 9.17) is 11.6 Å². The molecule has 2 aromatic heterocycles. The summed E-state index contributed by atoms with van der Waals surface area (Å²) in [6.07, 6.45) is 1.79. The van der Waals surface area contributed by atoms with Gasteiger partial charge < -0.3 is 10.3 Å². The third-order valence-electron chi connectivity index (χ3n) is 4.41. The molecule has 0 aliphatic rings. The molecule has 0 unspecified atom stereocenters. The Bertz CT molecular complexity index is 1010. The standard InChI is InChI=1S/C21H18ClN3/c1-14-20(16-9-3-5-11-18(16)24-14)21(15-8-2-4-10-17(15)22)25-19-12-6-7-13-23-19/h2-13,21,24H,1H3,(H,23,25)/t21-/m1/s1. The summed E-state index contributed by atoms with van der Waals surface area (Å²) in [5.41, 5.74) is 4.46. The third kappa shape index (κ3) is 2.99. The van der Waals surface area contributed by atoms with Gasteiger partial charge in [-0.25, -0.2) is 4.98 Å². The van der Waals surface area contributed by atoms with Crippen molar-refractivity contribution in [2.45, 2.75) is 13.0 Å². The minimum Gasteiger partial charge on any atom is -0.359 e. The van der Waals surface area contributed by atoms with Gasteiger partial charge >= 0.3 is 0 Å². The number of para-hydroxylation sites is 1. The summed E-state index contributed by atoms with van der Waals surface area (Å²) in [5, 5.41) is 5.48. The van der Waals surface area contributed by atoms with Crippen LogP contribution >= 0.6 is 11.6 Å². The minimum absolute atomic E-state index is 0.0975. The number of pyridine rings is 1. The Morgan fingerprint density at radius 2 is 1.72 bits per heavy atom. The van der Waals surface area contributed by atoms with Crippen molar-refractivity contribution in [3.63, 3.8) is 0 Å². The summed E-state index contributed by atoms with van der Waals surface area (Å²) in [6, 6.07) is 22.0. The van der Waals surface area contributed by atoms with Crippen LogP contribution < -0.4 is 5.32 Å². The summed E-state index contributed by atoms with van der Waals surface area (Å²) < 4.78 is 0. The average Bonchev–Trinajstić information content (AvgIpc) is 2.97. The second kappa shape index (κ2) is 6.61. The van der Waals surface area contributed by atoms with Gasteiger partial charge in [-0.15, -0.1) is 0 Å². The lowest BCUT2D eigenvalue weighted by atomic mass is 9.96. The third-order valence-corrected chi connectivity index (χ3v) is 4.75. The Kier molecular flexibility index (Phi) is 4.16. The SMILES string of the molecule is Cc1[nH]c2ccccc2c1[C@H](Nc1ccccn1)c1ccccc1Cl. The van der Waals surface area contributed by atoms with Crippen molar-refractivity contribution in [3.8, 4) is 0 Å². The number of anilines is 1. The van der Waals surface area contributed by atoms with Crippen molar-refractivity contribution in [1.82, 2.24) is 9.97 Å². The second-order valence-electron chi connectivity index (χ2n) is 6.02. The van der Waals surface area contributed by atoms with Gasteiger partial charge in [-0.1, -0.05) is 54.1 Å². The zero-order chi connectivity index (χ0) is 17.2. The van der Waals surface area contributed by atoms with Crippen LogP contribution in [-0.2, 0) is 0 Å². The fourth-order valence-electron chi connectivity index (χ4n) is 3.28. The quantitative estimate of drug-likeness (QED) is 0.495. The first-order valence-corrected chi connectivity index (χ1v) is 8.61. The van der Waals surface area contributed by atoms with E-state index in [0.717, 1.165) is 27.6 Å². The number of hydrogen-bond acceptors (Lipinski definition) is 2. The smallest absolute Gasteiger partial charge is 0.126 e. The predicted octanol–water partition coefficient (Wildman–Crippen LogP) is 5.73. The number of aryl methyl sites for hydroxylation is 1. The van der Waals surface area contributed by atoms with Gasteiger partial charge in [-0.2, -0.15) is 0 Å². The summed E-state index contributed by atoms with van der Waals surface area (Å²) in [5.74, 6) is 0.817. The van der Waals surface area contributed by atoms with Crippen LogP contribution in [0, 0.1) is 6.92 Å². The largest absolute Gasteiger partial charge is 0.359 e. The molecule has 2 heterocycles. The zero-order valence-corrected chi connectivity index (χ0v) is 14.6. The number of aromatic amines is 1. The van der Waals surface area contributed by atoms with Crippen molar-refractivity contribution in [3.05, 3.63) is 94.8 Å². The predicted molar refractivity (Wildman–Crippen MR) is 104 cm³/mol. The van der Waals surface area contributed by atoms with Crippen molar-refractivity contribution < 1.29 is 0 Å². The van der Waals surface area contributed by atoms with E-state index in [2.05, 4.69) is 46.5 Å².